The molecule has 4 nitrogen and oxygen atoms in total. The van der Waals surface area contributed by atoms with Crippen molar-refractivity contribution in [2.75, 3.05) is 20.6 Å². The number of amides is 1. The zero-order valence-electron chi connectivity index (χ0n) is 15.1. The van der Waals surface area contributed by atoms with Gasteiger partial charge in [-0.05, 0) is 43.8 Å². The van der Waals surface area contributed by atoms with E-state index in [1.165, 1.54) is 12.1 Å². The van der Waals surface area contributed by atoms with E-state index in [0.29, 0.717) is 6.54 Å². The van der Waals surface area contributed by atoms with E-state index in [-0.39, 0.29) is 24.3 Å². The van der Waals surface area contributed by atoms with Gasteiger partial charge in [-0.15, -0.1) is 11.3 Å². The fraction of sp³-hybridized carbons (Fsp3) is 0.300. The number of hydrogen-bond acceptors (Lipinski definition) is 4. The summed E-state index contributed by atoms with van der Waals surface area (Å²) in [7, 11) is 3.66. The van der Waals surface area contributed by atoms with Gasteiger partial charge >= 0.3 is 0 Å². The molecule has 1 aromatic heterocycles. The zero-order chi connectivity index (χ0) is 18.7. The summed E-state index contributed by atoms with van der Waals surface area (Å²) in [6, 6.07) is 14.3. The Morgan fingerprint density at radius 3 is 2.69 bits per heavy atom. The van der Waals surface area contributed by atoms with Crippen molar-refractivity contribution in [3.05, 3.63) is 64.9 Å². The number of thiazole rings is 1. The Morgan fingerprint density at radius 2 is 1.96 bits per heavy atom. The minimum absolute atomic E-state index is 0.00987. The number of halogens is 1. The maximum Gasteiger partial charge on any atom is 0.237 e. The fourth-order valence-corrected chi connectivity index (χ4v) is 3.86. The highest BCUT2D eigenvalue weighted by Gasteiger charge is 2.21. The van der Waals surface area contributed by atoms with E-state index in [1.54, 1.807) is 29.4 Å². The number of carbonyl (C=O) groups is 1. The second-order valence-corrected chi connectivity index (χ2v) is 7.56. The van der Waals surface area contributed by atoms with Gasteiger partial charge in [0.25, 0.3) is 0 Å². The van der Waals surface area contributed by atoms with E-state index >= 15 is 0 Å². The molecule has 0 aliphatic carbocycles. The van der Waals surface area contributed by atoms with Gasteiger partial charge in [-0.1, -0.05) is 24.3 Å². The molecule has 0 unspecified atom stereocenters. The summed E-state index contributed by atoms with van der Waals surface area (Å²) < 4.78 is 14.4. The molecule has 0 saturated heterocycles. The zero-order valence-corrected chi connectivity index (χ0v) is 16.0. The van der Waals surface area contributed by atoms with Crippen LogP contribution < -0.4 is 0 Å². The van der Waals surface area contributed by atoms with Crippen LogP contribution in [-0.4, -0.2) is 41.3 Å². The van der Waals surface area contributed by atoms with Crippen molar-refractivity contribution in [1.29, 1.82) is 0 Å². The van der Waals surface area contributed by atoms with Gasteiger partial charge in [0.15, 0.2) is 0 Å². The van der Waals surface area contributed by atoms with Crippen LogP contribution in [0.15, 0.2) is 48.5 Å². The lowest BCUT2D eigenvalue weighted by Gasteiger charge is -2.26. The standard InChI is InChI=1S/C20H22FN3OS/c1-14(20-22-17-9-4-5-10-18(17)26-20)24(3)19(25)13-23(2)12-15-7-6-8-16(21)11-15/h4-11,14H,12-13H2,1-3H3/t14-/m1/s1. The fourth-order valence-electron chi connectivity index (χ4n) is 2.80. The van der Waals surface area contributed by atoms with Crippen LogP contribution in [0.4, 0.5) is 4.39 Å². The Bertz CT molecular complexity index is 878. The summed E-state index contributed by atoms with van der Waals surface area (Å²) in [5.74, 6) is -0.250. The quantitative estimate of drug-likeness (QED) is 0.655. The molecule has 0 saturated carbocycles. The lowest BCUT2D eigenvalue weighted by Crippen LogP contribution is -2.37. The number of aromatic nitrogens is 1. The van der Waals surface area contributed by atoms with Crippen molar-refractivity contribution >= 4 is 27.5 Å². The Morgan fingerprint density at radius 1 is 1.19 bits per heavy atom. The molecule has 0 aliphatic heterocycles. The van der Waals surface area contributed by atoms with E-state index in [2.05, 4.69) is 4.98 Å². The molecule has 0 bridgehead atoms. The van der Waals surface area contributed by atoms with Crippen LogP contribution in [0.1, 0.15) is 23.5 Å². The Kier molecular flexibility index (Phi) is 5.64. The molecule has 6 heteroatoms. The van der Waals surface area contributed by atoms with E-state index in [9.17, 15) is 9.18 Å². The Balaban J connectivity index is 1.62. The van der Waals surface area contributed by atoms with E-state index in [0.717, 1.165) is 20.8 Å². The maximum atomic E-state index is 13.3. The average Bonchev–Trinajstić information content (AvgIpc) is 3.04. The summed E-state index contributed by atoms with van der Waals surface area (Å²) in [5.41, 5.74) is 1.81. The first kappa shape index (κ1) is 18.5. The molecule has 3 aromatic rings. The molecule has 3 rings (SSSR count). The summed E-state index contributed by atoms with van der Waals surface area (Å²) in [4.78, 5) is 20.9. The summed E-state index contributed by atoms with van der Waals surface area (Å²) >= 11 is 1.61. The van der Waals surface area contributed by atoms with Crippen molar-refractivity contribution in [1.82, 2.24) is 14.8 Å². The van der Waals surface area contributed by atoms with Crippen LogP contribution in [0.25, 0.3) is 10.2 Å². The Hall–Kier alpha value is -2.31. The molecule has 0 fully saturated rings. The lowest BCUT2D eigenvalue weighted by atomic mass is 10.2. The van der Waals surface area contributed by atoms with Crippen molar-refractivity contribution in [3.8, 4) is 0 Å². The first-order valence-electron chi connectivity index (χ1n) is 8.48. The average molecular weight is 371 g/mol. The van der Waals surface area contributed by atoms with Crippen LogP contribution in [-0.2, 0) is 11.3 Å². The summed E-state index contributed by atoms with van der Waals surface area (Å²) in [6.45, 7) is 2.78. The number of hydrogen-bond donors (Lipinski definition) is 0. The Labute approximate surface area is 156 Å². The highest BCUT2D eigenvalue weighted by atomic mass is 32.1. The van der Waals surface area contributed by atoms with Gasteiger partial charge in [0.05, 0.1) is 22.8 Å². The second-order valence-electron chi connectivity index (χ2n) is 6.50. The van der Waals surface area contributed by atoms with Crippen LogP contribution in [0.3, 0.4) is 0 Å². The minimum atomic E-state index is -0.260. The molecule has 0 spiro atoms. The van der Waals surface area contributed by atoms with E-state index < -0.39 is 0 Å². The number of benzene rings is 2. The van der Waals surface area contributed by atoms with Crippen LogP contribution in [0.2, 0.25) is 0 Å². The number of rotatable bonds is 6. The monoisotopic (exact) mass is 371 g/mol. The molecule has 0 radical (unpaired) electrons. The summed E-state index contributed by atoms with van der Waals surface area (Å²) in [5, 5.41) is 0.926. The molecule has 136 valence electrons. The van der Waals surface area contributed by atoms with Crippen molar-refractivity contribution < 1.29 is 9.18 Å². The van der Waals surface area contributed by atoms with Gasteiger partial charge in [0, 0.05) is 13.6 Å². The maximum absolute atomic E-state index is 13.3. The number of nitrogens with zero attached hydrogens (tertiary/aromatic N) is 3. The van der Waals surface area contributed by atoms with Gasteiger partial charge in [0.2, 0.25) is 5.91 Å². The third-order valence-corrected chi connectivity index (χ3v) is 5.60. The second kappa shape index (κ2) is 7.93. The molecule has 1 amide bonds. The van der Waals surface area contributed by atoms with Crippen LogP contribution >= 0.6 is 11.3 Å². The van der Waals surface area contributed by atoms with Crippen molar-refractivity contribution in [2.45, 2.75) is 19.5 Å². The molecule has 0 aliphatic rings. The van der Waals surface area contributed by atoms with E-state index in [1.807, 2.05) is 49.2 Å². The number of carbonyl (C=O) groups excluding carboxylic acids is 1. The highest BCUT2D eigenvalue weighted by molar-refractivity contribution is 7.18. The number of fused-ring (bicyclic) bond motifs is 1. The molecule has 1 atom stereocenters. The van der Waals surface area contributed by atoms with Gasteiger partial charge in [-0.25, -0.2) is 9.37 Å². The molecule has 2 aromatic carbocycles. The predicted molar refractivity (Wildman–Crippen MR) is 104 cm³/mol. The third-order valence-electron chi connectivity index (χ3n) is 4.39. The number of likely N-dealkylation sites (N-methyl/N-ethyl adjacent to an activating group) is 2. The molecule has 1 heterocycles. The SMILES string of the molecule is C[C@H](c1nc2ccccc2s1)N(C)C(=O)CN(C)Cc1cccc(F)c1. The van der Waals surface area contributed by atoms with Crippen LogP contribution in [0.5, 0.6) is 0 Å². The van der Waals surface area contributed by atoms with E-state index in [4.69, 9.17) is 0 Å². The first-order valence-corrected chi connectivity index (χ1v) is 9.30. The molecular formula is C20H22FN3OS. The highest BCUT2D eigenvalue weighted by Crippen LogP contribution is 2.28. The largest absolute Gasteiger partial charge is 0.335 e. The normalized spacial score (nSPS) is 12.5. The molecule has 0 N–H and O–H groups in total. The predicted octanol–water partition coefficient (Wildman–Crippen LogP) is 4.09. The van der Waals surface area contributed by atoms with Gasteiger partial charge in [-0.3, -0.25) is 9.69 Å². The molecule has 26 heavy (non-hydrogen) atoms. The van der Waals surface area contributed by atoms with Crippen molar-refractivity contribution in [3.63, 3.8) is 0 Å². The summed E-state index contributed by atoms with van der Waals surface area (Å²) in [6.07, 6.45) is 0. The topological polar surface area (TPSA) is 36.4 Å². The third kappa shape index (κ3) is 4.26. The molecular weight excluding hydrogens is 349 g/mol. The van der Waals surface area contributed by atoms with Crippen molar-refractivity contribution in [2.24, 2.45) is 0 Å². The van der Waals surface area contributed by atoms with Gasteiger partial charge < -0.3 is 4.90 Å². The van der Waals surface area contributed by atoms with Crippen LogP contribution in [0, 0.1) is 5.82 Å². The lowest BCUT2D eigenvalue weighted by molar-refractivity contribution is -0.132. The van der Waals surface area contributed by atoms with Gasteiger partial charge in [-0.2, -0.15) is 0 Å². The first-order chi connectivity index (χ1) is 12.4. The number of para-hydroxylation sites is 1. The van der Waals surface area contributed by atoms with Gasteiger partial charge in [0.1, 0.15) is 10.8 Å². The smallest absolute Gasteiger partial charge is 0.237 e. The minimum Gasteiger partial charge on any atom is -0.335 e.